The molecule has 5 heteroatoms. The summed E-state index contributed by atoms with van der Waals surface area (Å²) < 4.78 is 9.49. The van der Waals surface area contributed by atoms with Crippen molar-refractivity contribution in [1.29, 1.82) is 0 Å². The second-order valence-corrected chi connectivity index (χ2v) is 10.1. The molecule has 3 aromatic carbocycles. The summed E-state index contributed by atoms with van der Waals surface area (Å²) in [5.41, 5.74) is 3.35. The molecule has 0 heterocycles. The van der Waals surface area contributed by atoms with Crippen molar-refractivity contribution in [3.8, 4) is 0 Å². The third-order valence-electron chi connectivity index (χ3n) is 6.67. The van der Waals surface area contributed by atoms with Crippen molar-refractivity contribution in [2.45, 2.75) is 59.3 Å². The standard InChI is InChI=1S/C18H16.C6H12O3.2C5H6.C4H6O2/c1-3-7-15-13(5-1)9-11-18-16-8-4-2-6-14(16)10-12-17(15)18;1-3-8-4-5-9-6(2)7;2*1-2-4-5-3-1;1-3(2)4(5)6/h1,3,5,7,9-12H,2,4,6,8H2;3-5H2,1-2H3;2*1-4H,5H2;1H2,2H3,(H,5,6). The molecule has 0 aromatic heterocycles. The Kier molecular flexibility index (Phi) is 16.8. The molecule has 0 aliphatic heterocycles. The summed E-state index contributed by atoms with van der Waals surface area (Å²) >= 11 is 0. The summed E-state index contributed by atoms with van der Waals surface area (Å²) in [5, 5.41) is 13.5. The van der Waals surface area contributed by atoms with Gasteiger partial charge in [0.1, 0.15) is 6.61 Å². The predicted molar refractivity (Wildman–Crippen MR) is 179 cm³/mol. The highest BCUT2D eigenvalue weighted by atomic mass is 16.6. The van der Waals surface area contributed by atoms with Crippen LogP contribution in [-0.4, -0.2) is 36.9 Å². The zero-order valence-corrected chi connectivity index (χ0v) is 25.9. The summed E-state index contributed by atoms with van der Waals surface area (Å²) in [6.07, 6.45) is 24.2. The molecule has 0 bridgehead atoms. The van der Waals surface area contributed by atoms with Gasteiger partial charge in [0.05, 0.1) is 6.61 Å². The van der Waals surface area contributed by atoms with E-state index in [1.807, 2.05) is 6.92 Å². The van der Waals surface area contributed by atoms with Gasteiger partial charge in [0, 0.05) is 19.1 Å². The number of rotatable bonds is 5. The highest BCUT2D eigenvalue weighted by Gasteiger charge is 2.13. The Morgan fingerprint density at radius 2 is 1.35 bits per heavy atom. The third-order valence-corrected chi connectivity index (χ3v) is 6.67. The molecule has 1 N–H and O–H groups in total. The van der Waals surface area contributed by atoms with Gasteiger partial charge in [-0.1, -0.05) is 104 Å². The Morgan fingerprint density at radius 3 is 1.88 bits per heavy atom. The fourth-order valence-corrected chi connectivity index (χ4v) is 4.52. The number of allylic oxidation sites excluding steroid dienone is 8. The highest BCUT2D eigenvalue weighted by molar-refractivity contribution is 6.08. The van der Waals surface area contributed by atoms with Crippen LogP contribution in [0.25, 0.3) is 21.5 Å². The SMILES string of the molecule is C1=CCC=C1.C1=CCC=C1.C=C(C)C(=O)O.CCOCCOC(C)=O.c1ccc2c(c1)ccc1c3c(ccc12)CCCC3. The minimum Gasteiger partial charge on any atom is -0.478 e. The summed E-state index contributed by atoms with van der Waals surface area (Å²) in [6.45, 7) is 9.41. The predicted octanol–water partition coefficient (Wildman–Crippen LogP) is 9.11. The number of carbonyl (C=O) groups excluding carboxylic acids is 1. The van der Waals surface area contributed by atoms with Gasteiger partial charge < -0.3 is 14.6 Å². The Bertz CT molecular complexity index is 1390. The van der Waals surface area contributed by atoms with Crippen LogP contribution in [0.1, 0.15) is 57.6 Å². The lowest BCUT2D eigenvalue weighted by molar-refractivity contribution is -0.142. The number of carboxylic acids is 1. The van der Waals surface area contributed by atoms with Gasteiger partial charge in [-0.2, -0.15) is 0 Å². The quantitative estimate of drug-likeness (QED) is 0.141. The average Bonchev–Trinajstić information content (AvgIpc) is 3.80. The van der Waals surface area contributed by atoms with Gasteiger partial charge in [0.15, 0.2) is 0 Å². The second-order valence-electron chi connectivity index (χ2n) is 10.1. The van der Waals surface area contributed by atoms with Crippen molar-refractivity contribution < 1.29 is 24.2 Å². The van der Waals surface area contributed by atoms with E-state index in [9.17, 15) is 9.59 Å². The minimum absolute atomic E-state index is 0.176. The van der Waals surface area contributed by atoms with E-state index < -0.39 is 5.97 Å². The van der Waals surface area contributed by atoms with Crippen LogP contribution in [0.2, 0.25) is 0 Å². The van der Waals surface area contributed by atoms with Crippen LogP contribution in [0, 0.1) is 0 Å². The van der Waals surface area contributed by atoms with E-state index in [-0.39, 0.29) is 11.5 Å². The molecule has 0 unspecified atom stereocenters. The minimum atomic E-state index is -0.935. The van der Waals surface area contributed by atoms with Crippen molar-refractivity contribution in [2.75, 3.05) is 19.8 Å². The summed E-state index contributed by atoms with van der Waals surface area (Å²) in [4.78, 5) is 19.7. The first kappa shape index (κ1) is 35.0. The average molecular weight is 583 g/mol. The largest absolute Gasteiger partial charge is 0.478 e. The van der Waals surface area contributed by atoms with Gasteiger partial charge in [0.2, 0.25) is 0 Å². The van der Waals surface area contributed by atoms with Crippen LogP contribution >= 0.6 is 0 Å². The molecule has 0 amide bonds. The number of aliphatic carboxylic acids is 1. The molecule has 0 saturated carbocycles. The molecule has 5 nitrogen and oxygen atoms in total. The van der Waals surface area contributed by atoms with E-state index in [0.717, 1.165) is 12.8 Å². The number of fused-ring (bicyclic) bond motifs is 5. The van der Waals surface area contributed by atoms with Crippen LogP contribution in [0.15, 0.2) is 109 Å². The third kappa shape index (κ3) is 13.5. The van der Waals surface area contributed by atoms with Gasteiger partial charge in [-0.25, -0.2) is 4.79 Å². The fourth-order valence-electron chi connectivity index (χ4n) is 4.52. The molecular weight excluding hydrogens is 536 g/mol. The van der Waals surface area contributed by atoms with E-state index in [1.54, 1.807) is 11.1 Å². The maximum atomic E-state index is 10.1. The van der Waals surface area contributed by atoms with Gasteiger partial charge in [-0.3, -0.25) is 4.79 Å². The van der Waals surface area contributed by atoms with Crippen molar-refractivity contribution in [3.63, 3.8) is 0 Å². The van der Waals surface area contributed by atoms with Crippen molar-refractivity contribution in [2.24, 2.45) is 0 Å². The van der Waals surface area contributed by atoms with Gasteiger partial charge in [0.25, 0.3) is 0 Å². The molecule has 3 aromatic rings. The van der Waals surface area contributed by atoms with Crippen molar-refractivity contribution in [1.82, 2.24) is 0 Å². The van der Waals surface area contributed by atoms with Gasteiger partial charge >= 0.3 is 11.9 Å². The molecule has 3 aliphatic rings. The Hall–Kier alpha value is -4.22. The smallest absolute Gasteiger partial charge is 0.330 e. The number of esters is 1. The summed E-state index contributed by atoms with van der Waals surface area (Å²) in [7, 11) is 0. The molecule has 43 heavy (non-hydrogen) atoms. The molecule has 0 fully saturated rings. The van der Waals surface area contributed by atoms with Gasteiger partial charge in [-0.15, -0.1) is 0 Å². The monoisotopic (exact) mass is 582 g/mol. The number of carbonyl (C=O) groups is 2. The van der Waals surface area contributed by atoms with E-state index in [1.165, 1.54) is 61.1 Å². The molecule has 0 spiro atoms. The lowest BCUT2D eigenvalue weighted by Crippen LogP contribution is -2.06. The van der Waals surface area contributed by atoms with Crippen LogP contribution < -0.4 is 0 Å². The first-order valence-electron chi connectivity index (χ1n) is 15.0. The van der Waals surface area contributed by atoms with Gasteiger partial charge in [-0.05, 0) is 85.0 Å². The second kappa shape index (κ2) is 20.6. The zero-order valence-electron chi connectivity index (χ0n) is 25.9. The number of carboxylic acid groups (broad SMARTS) is 1. The van der Waals surface area contributed by atoms with E-state index >= 15 is 0 Å². The molecule has 228 valence electrons. The van der Waals surface area contributed by atoms with Crippen LogP contribution in [0.4, 0.5) is 0 Å². The summed E-state index contributed by atoms with van der Waals surface area (Å²) in [5.74, 6) is -1.19. The number of hydrogen-bond acceptors (Lipinski definition) is 4. The first-order valence-corrected chi connectivity index (χ1v) is 15.0. The maximum absolute atomic E-state index is 10.1. The van der Waals surface area contributed by atoms with Crippen LogP contribution in [-0.2, 0) is 31.9 Å². The Balaban J connectivity index is 0.000000216. The first-order chi connectivity index (χ1) is 20.8. The zero-order chi connectivity index (χ0) is 31.3. The number of ether oxygens (including phenoxy) is 2. The molecule has 0 saturated heterocycles. The fraction of sp³-hybridized carbons (Fsp3) is 0.316. The number of aryl methyl sites for hydroxylation is 2. The number of hydrogen-bond donors (Lipinski definition) is 1. The normalized spacial score (nSPS) is 13.3. The van der Waals surface area contributed by atoms with E-state index in [4.69, 9.17) is 9.84 Å². The molecule has 0 atom stereocenters. The Labute approximate surface area is 256 Å². The Morgan fingerprint density at radius 1 is 0.767 bits per heavy atom. The molecule has 6 rings (SSSR count). The van der Waals surface area contributed by atoms with Crippen molar-refractivity contribution in [3.05, 3.63) is 120 Å². The lowest BCUT2D eigenvalue weighted by atomic mass is 9.86. The van der Waals surface area contributed by atoms with Crippen LogP contribution in [0.3, 0.4) is 0 Å². The highest BCUT2D eigenvalue weighted by Crippen LogP contribution is 2.33. The number of benzene rings is 3. The lowest BCUT2D eigenvalue weighted by Gasteiger charge is -2.18. The molecule has 3 aliphatic carbocycles. The molecular formula is C38H46O5. The topological polar surface area (TPSA) is 72.8 Å². The molecule has 0 radical (unpaired) electrons. The van der Waals surface area contributed by atoms with Crippen molar-refractivity contribution >= 4 is 33.5 Å². The van der Waals surface area contributed by atoms with Crippen LogP contribution in [0.5, 0.6) is 0 Å². The van der Waals surface area contributed by atoms with E-state index in [2.05, 4.69) is 108 Å². The summed E-state index contributed by atoms with van der Waals surface area (Å²) in [6, 6.07) is 18.0. The maximum Gasteiger partial charge on any atom is 0.330 e. The van der Waals surface area contributed by atoms with E-state index in [0.29, 0.717) is 19.8 Å².